The summed E-state index contributed by atoms with van der Waals surface area (Å²) in [5.74, 6) is -1.96. The van der Waals surface area contributed by atoms with Gasteiger partial charge in [0.1, 0.15) is 11.3 Å². The number of sulfonamides is 1. The molecule has 0 aliphatic carbocycles. The predicted molar refractivity (Wildman–Crippen MR) is 152 cm³/mol. The zero-order valence-corrected chi connectivity index (χ0v) is 23.6. The molecule has 4 rings (SSSR count). The molecule has 0 aliphatic rings. The van der Waals surface area contributed by atoms with E-state index >= 15 is 0 Å². The molecule has 3 aromatic carbocycles. The van der Waals surface area contributed by atoms with Crippen molar-refractivity contribution in [3.05, 3.63) is 89.5 Å². The van der Waals surface area contributed by atoms with Gasteiger partial charge in [-0.1, -0.05) is 68.4 Å². The minimum atomic E-state index is -3.71. The van der Waals surface area contributed by atoms with Crippen molar-refractivity contribution in [1.29, 1.82) is 0 Å². The van der Waals surface area contributed by atoms with Gasteiger partial charge in [0.05, 0.1) is 16.1 Å². The summed E-state index contributed by atoms with van der Waals surface area (Å²) >= 11 is 1.01. The van der Waals surface area contributed by atoms with E-state index in [9.17, 15) is 22.0 Å². The number of carbonyl (C=O) groups is 1. The molecule has 10 heteroatoms. The number of halogens is 2. The van der Waals surface area contributed by atoms with Crippen molar-refractivity contribution in [2.24, 2.45) is 0 Å². The number of benzene rings is 3. The first-order valence-electron chi connectivity index (χ1n) is 13.0. The number of unbranched alkanes of at least 4 members (excludes halogenated alkanes) is 2. The highest BCUT2D eigenvalue weighted by atomic mass is 32.2. The van der Waals surface area contributed by atoms with E-state index in [0.29, 0.717) is 13.1 Å². The van der Waals surface area contributed by atoms with Gasteiger partial charge in [-0.2, -0.15) is 4.31 Å². The van der Waals surface area contributed by atoms with E-state index in [1.165, 1.54) is 39.5 Å². The van der Waals surface area contributed by atoms with Gasteiger partial charge in [0.25, 0.3) is 5.91 Å². The van der Waals surface area contributed by atoms with E-state index < -0.39 is 27.6 Å². The lowest BCUT2D eigenvalue weighted by molar-refractivity contribution is 0.0985. The molecule has 4 aromatic rings. The van der Waals surface area contributed by atoms with E-state index in [1.807, 2.05) is 44.2 Å². The number of anilines is 1. The summed E-state index contributed by atoms with van der Waals surface area (Å²) in [7, 11) is -3.71. The number of aromatic nitrogens is 1. The van der Waals surface area contributed by atoms with Gasteiger partial charge in [0, 0.05) is 24.7 Å². The Hall–Kier alpha value is -3.21. The average Bonchev–Trinajstić information content (AvgIpc) is 3.36. The lowest BCUT2D eigenvalue weighted by Crippen LogP contribution is -2.33. The van der Waals surface area contributed by atoms with Crippen LogP contribution >= 0.6 is 11.3 Å². The number of carbonyl (C=O) groups excluding carboxylic acids is 1. The lowest BCUT2D eigenvalue weighted by Gasteiger charge is -2.23. The molecule has 1 heterocycles. The van der Waals surface area contributed by atoms with E-state index in [4.69, 9.17) is 0 Å². The van der Waals surface area contributed by atoms with Crippen molar-refractivity contribution < 1.29 is 22.0 Å². The number of thiazole rings is 1. The minimum absolute atomic E-state index is 0.0112. The van der Waals surface area contributed by atoms with Gasteiger partial charge in [-0.05, 0) is 48.7 Å². The Morgan fingerprint density at radius 3 is 2.18 bits per heavy atom. The average molecular weight is 572 g/mol. The number of fused-ring (bicyclic) bond motifs is 1. The van der Waals surface area contributed by atoms with Crippen LogP contribution in [0.1, 0.15) is 55.5 Å². The molecule has 6 nitrogen and oxygen atoms in total. The Kier molecular flexibility index (Phi) is 9.42. The smallest absolute Gasteiger partial charge is 0.260 e. The van der Waals surface area contributed by atoms with Crippen molar-refractivity contribution in [3.63, 3.8) is 0 Å². The second-order valence-corrected chi connectivity index (χ2v) is 12.2. The third-order valence-electron chi connectivity index (χ3n) is 6.32. The maximum absolute atomic E-state index is 14.4. The highest BCUT2D eigenvalue weighted by Gasteiger charge is 2.26. The van der Waals surface area contributed by atoms with Crippen molar-refractivity contribution in [3.8, 4) is 0 Å². The van der Waals surface area contributed by atoms with Crippen molar-refractivity contribution in [2.75, 3.05) is 18.0 Å². The van der Waals surface area contributed by atoms with Crippen LogP contribution in [0.3, 0.4) is 0 Å². The fourth-order valence-electron chi connectivity index (χ4n) is 4.15. The van der Waals surface area contributed by atoms with Crippen LogP contribution in [-0.2, 0) is 16.6 Å². The number of nitrogens with zero attached hydrogens (tertiary/aromatic N) is 3. The Labute approximate surface area is 232 Å². The van der Waals surface area contributed by atoms with Crippen LogP contribution in [0.25, 0.3) is 10.2 Å². The maximum atomic E-state index is 14.4. The van der Waals surface area contributed by atoms with E-state index in [0.717, 1.165) is 48.6 Å². The summed E-state index contributed by atoms with van der Waals surface area (Å²) in [6.45, 7) is 5.06. The SMILES string of the molecule is CCCCN(CCCC)S(=O)(=O)c1ccc(C(=O)N(Cc2ccccc2)c2nc3c(F)cc(F)cc3s2)cc1. The molecule has 206 valence electrons. The molecule has 0 unspecified atom stereocenters. The van der Waals surface area contributed by atoms with Gasteiger partial charge in [0.15, 0.2) is 10.9 Å². The molecule has 0 saturated carbocycles. The normalized spacial score (nSPS) is 11.8. The van der Waals surface area contributed by atoms with Gasteiger partial charge in [0.2, 0.25) is 10.0 Å². The third-order valence-corrected chi connectivity index (χ3v) is 9.26. The first-order chi connectivity index (χ1) is 18.7. The molecule has 0 bridgehead atoms. The minimum Gasteiger partial charge on any atom is -0.279 e. The fourth-order valence-corrected chi connectivity index (χ4v) is 6.67. The molecule has 39 heavy (non-hydrogen) atoms. The molecule has 0 saturated heterocycles. The van der Waals surface area contributed by atoms with Crippen LogP contribution < -0.4 is 4.90 Å². The maximum Gasteiger partial charge on any atom is 0.260 e. The molecular formula is C29H31F2N3O3S2. The second-order valence-electron chi connectivity index (χ2n) is 9.24. The van der Waals surface area contributed by atoms with Crippen molar-refractivity contribution in [2.45, 2.75) is 51.0 Å². The summed E-state index contributed by atoms with van der Waals surface area (Å²) in [4.78, 5) is 19.6. The Balaban J connectivity index is 1.67. The zero-order chi connectivity index (χ0) is 28.0. The molecule has 0 spiro atoms. The van der Waals surface area contributed by atoms with Gasteiger partial charge in [-0.3, -0.25) is 9.69 Å². The highest BCUT2D eigenvalue weighted by Crippen LogP contribution is 2.33. The van der Waals surface area contributed by atoms with Crippen LogP contribution in [0.4, 0.5) is 13.9 Å². The second kappa shape index (κ2) is 12.8. The van der Waals surface area contributed by atoms with Crippen LogP contribution in [0.5, 0.6) is 0 Å². The summed E-state index contributed by atoms with van der Waals surface area (Å²) in [6, 6.07) is 17.1. The van der Waals surface area contributed by atoms with Gasteiger partial charge < -0.3 is 0 Å². The van der Waals surface area contributed by atoms with Crippen LogP contribution in [0.2, 0.25) is 0 Å². The standard InChI is InChI=1S/C29H31F2N3O3S2/c1-3-5-16-33(17-6-4-2)39(36,37)24-14-12-22(13-15-24)28(35)34(20-21-10-8-7-9-11-21)29-32-27-25(31)18-23(30)19-26(27)38-29/h7-15,18-19H,3-6,16-17,20H2,1-2H3. The predicted octanol–water partition coefficient (Wildman–Crippen LogP) is 7.01. The van der Waals surface area contributed by atoms with Crippen LogP contribution in [0.15, 0.2) is 71.6 Å². The molecule has 1 amide bonds. The molecule has 0 radical (unpaired) electrons. The van der Waals surface area contributed by atoms with Gasteiger partial charge >= 0.3 is 0 Å². The molecule has 0 aliphatic heterocycles. The third kappa shape index (κ3) is 6.69. The molecule has 0 fully saturated rings. The molecule has 1 aromatic heterocycles. The zero-order valence-electron chi connectivity index (χ0n) is 21.9. The lowest BCUT2D eigenvalue weighted by atomic mass is 10.1. The fraction of sp³-hybridized carbons (Fsp3) is 0.310. The van der Waals surface area contributed by atoms with E-state index in [2.05, 4.69) is 4.98 Å². The topological polar surface area (TPSA) is 70.6 Å². The van der Waals surface area contributed by atoms with E-state index in [-0.39, 0.29) is 32.4 Å². The largest absolute Gasteiger partial charge is 0.279 e. The Morgan fingerprint density at radius 1 is 0.923 bits per heavy atom. The number of hydrogen-bond acceptors (Lipinski definition) is 5. The number of rotatable bonds is 12. The highest BCUT2D eigenvalue weighted by molar-refractivity contribution is 7.89. The molecule has 0 atom stereocenters. The van der Waals surface area contributed by atoms with Gasteiger partial charge in [-0.15, -0.1) is 0 Å². The Morgan fingerprint density at radius 2 is 1.56 bits per heavy atom. The molecular weight excluding hydrogens is 540 g/mol. The first kappa shape index (κ1) is 28.8. The quantitative estimate of drug-likeness (QED) is 0.183. The summed E-state index contributed by atoms with van der Waals surface area (Å²) < 4.78 is 56.7. The summed E-state index contributed by atoms with van der Waals surface area (Å²) in [5.41, 5.74) is 1.06. The van der Waals surface area contributed by atoms with Crippen molar-refractivity contribution in [1.82, 2.24) is 9.29 Å². The summed E-state index contributed by atoms with van der Waals surface area (Å²) in [6.07, 6.45) is 3.29. The number of hydrogen-bond donors (Lipinski definition) is 0. The van der Waals surface area contributed by atoms with Crippen LogP contribution in [0, 0.1) is 11.6 Å². The number of amides is 1. The van der Waals surface area contributed by atoms with Crippen LogP contribution in [-0.4, -0.2) is 36.7 Å². The monoisotopic (exact) mass is 571 g/mol. The summed E-state index contributed by atoms with van der Waals surface area (Å²) in [5, 5.41) is 0.213. The first-order valence-corrected chi connectivity index (χ1v) is 15.2. The van der Waals surface area contributed by atoms with Crippen molar-refractivity contribution >= 4 is 42.6 Å². The Bertz CT molecular complexity index is 1520. The van der Waals surface area contributed by atoms with Gasteiger partial charge in [-0.25, -0.2) is 22.2 Å². The van der Waals surface area contributed by atoms with E-state index in [1.54, 1.807) is 0 Å². The molecule has 0 N–H and O–H groups in total.